The molecule has 1 aliphatic carbocycles. The zero-order valence-corrected chi connectivity index (χ0v) is 19.9. The van der Waals surface area contributed by atoms with Crippen molar-refractivity contribution in [2.24, 2.45) is 0 Å². The maximum atomic E-state index is 12.7. The Morgan fingerprint density at radius 2 is 1.74 bits per heavy atom. The summed E-state index contributed by atoms with van der Waals surface area (Å²) in [6.45, 7) is 0.132. The molecule has 0 aromatic heterocycles. The van der Waals surface area contributed by atoms with Gasteiger partial charge < -0.3 is 14.2 Å². The molecule has 4 rings (SSSR count). The van der Waals surface area contributed by atoms with Gasteiger partial charge in [0, 0.05) is 12.8 Å². The Labute approximate surface area is 206 Å². The quantitative estimate of drug-likeness (QED) is 0.321. The summed E-state index contributed by atoms with van der Waals surface area (Å²) in [6, 6.07) is 21.8. The maximum Gasteiger partial charge on any atom is 0.333 e. The molecule has 35 heavy (non-hydrogen) atoms. The molecule has 0 N–H and O–H groups in total. The van der Waals surface area contributed by atoms with Gasteiger partial charge in [-0.05, 0) is 52.9 Å². The number of hydrogen-bond acceptors (Lipinski definition) is 4. The van der Waals surface area contributed by atoms with Crippen LogP contribution < -0.4 is 4.74 Å². The summed E-state index contributed by atoms with van der Waals surface area (Å²) in [4.78, 5) is 12.7. The van der Waals surface area contributed by atoms with Gasteiger partial charge in [-0.1, -0.05) is 78.3 Å². The molecule has 1 aliphatic rings. The predicted molar refractivity (Wildman–Crippen MR) is 138 cm³/mol. The van der Waals surface area contributed by atoms with Gasteiger partial charge in [0.1, 0.15) is 12.4 Å². The molecule has 0 heterocycles. The van der Waals surface area contributed by atoms with Gasteiger partial charge in [-0.25, -0.2) is 4.79 Å². The molecule has 176 valence electrons. The summed E-state index contributed by atoms with van der Waals surface area (Å²) in [5.41, 5.74) is 2.64. The normalized spacial score (nSPS) is 16.5. The molecule has 4 nitrogen and oxygen atoms in total. The van der Waals surface area contributed by atoms with Crippen molar-refractivity contribution in [2.45, 2.75) is 38.4 Å². The molecule has 0 amide bonds. The minimum absolute atomic E-state index is 0.167. The highest BCUT2D eigenvalue weighted by Gasteiger charge is 2.17. The van der Waals surface area contributed by atoms with Crippen LogP contribution in [-0.4, -0.2) is 25.8 Å². The number of methoxy groups -OCH3 is 1. The van der Waals surface area contributed by atoms with Gasteiger partial charge in [0.25, 0.3) is 0 Å². The van der Waals surface area contributed by atoms with E-state index < -0.39 is 12.1 Å². The largest absolute Gasteiger partial charge is 0.497 e. The Balaban J connectivity index is 1.50. The Kier molecular flexibility index (Phi) is 8.60. The first-order chi connectivity index (χ1) is 17.2. The van der Waals surface area contributed by atoms with Gasteiger partial charge in [-0.3, -0.25) is 0 Å². The molecule has 4 heteroatoms. The number of fused-ring (bicyclic) bond motifs is 1. The van der Waals surface area contributed by atoms with Crippen molar-refractivity contribution in [3.63, 3.8) is 0 Å². The van der Waals surface area contributed by atoms with Gasteiger partial charge in [0.05, 0.1) is 19.3 Å². The van der Waals surface area contributed by atoms with E-state index in [1.54, 1.807) is 7.11 Å². The second-order valence-corrected chi connectivity index (χ2v) is 8.21. The zero-order valence-electron chi connectivity index (χ0n) is 19.9. The van der Waals surface area contributed by atoms with Crippen molar-refractivity contribution >= 4 is 22.8 Å². The lowest BCUT2D eigenvalue weighted by Crippen LogP contribution is -2.22. The lowest BCUT2D eigenvalue weighted by molar-refractivity contribution is -0.150. The Bertz CT molecular complexity index is 1310. The lowest BCUT2D eigenvalue weighted by Gasteiger charge is -2.14. The molecule has 0 saturated heterocycles. The summed E-state index contributed by atoms with van der Waals surface area (Å²) in [6.07, 6.45) is 4.78. The third-order valence-electron chi connectivity index (χ3n) is 5.63. The van der Waals surface area contributed by atoms with Crippen LogP contribution in [-0.2, 0) is 20.9 Å². The van der Waals surface area contributed by atoms with E-state index in [0.717, 1.165) is 53.3 Å². The van der Waals surface area contributed by atoms with Crippen LogP contribution in [0.2, 0.25) is 0 Å². The third kappa shape index (κ3) is 7.00. The number of rotatable bonds is 7. The van der Waals surface area contributed by atoms with Gasteiger partial charge >= 0.3 is 5.97 Å². The number of esters is 1. The van der Waals surface area contributed by atoms with E-state index in [4.69, 9.17) is 14.2 Å². The summed E-state index contributed by atoms with van der Waals surface area (Å²) >= 11 is 0. The fraction of sp³-hybridized carbons (Fsp3) is 0.258. The van der Waals surface area contributed by atoms with E-state index in [1.165, 1.54) is 0 Å². The molecule has 0 saturated carbocycles. The summed E-state index contributed by atoms with van der Waals surface area (Å²) in [5, 5.41) is 2.25. The second kappa shape index (κ2) is 12.5. The summed E-state index contributed by atoms with van der Waals surface area (Å²) in [5.74, 6) is 13.1. The van der Waals surface area contributed by atoms with E-state index in [-0.39, 0.29) is 6.61 Å². The molecule has 3 aromatic rings. The number of ether oxygens (including phenoxy) is 3. The molecule has 1 atom stereocenters. The van der Waals surface area contributed by atoms with Crippen LogP contribution in [0.1, 0.15) is 36.8 Å². The predicted octanol–water partition coefficient (Wildman–Crippen LogP) is 5.94. The minimum Gasteiger partial charge on any atom is -0.497 e. The van der Waals surface area contributed by atoms with Crippen molar-refractivity contribution in [1.29, 1.82) is 0 Å². The van der Waals surface area contributed by atoms with E-state index in [2.05, 4.69) is 41.9 Å². The Hall–Kier alpha value is -3.99. The van der Waals surface area contributed by atoms with Crippen molar-refractivity contribution in [2.75, 3.05) is 13.7 Å². The fourth-order valence-corrected chi connectivity index (χ4v) is 3.79. The van der Waals surface area contributed by atoms with Gasteiger partial charge in [0.15, 0.2) is 6.10 Å². The van der Waals surface area contributed by atoms with Crippen molar-refractivity contribution in [3.8, 4) is 29.4 Å². The van der Waals surface area contributed by atoms with Crippen LogP contribution in [0.5, 0.6) is 5.75 Å². The highest BCUT2D eigenvalue weighted by Crippen LogP contribution is 2.22. The van der Waals surface area contributed by atoms with Crippen molar-refractivity contribution in [1.82, 2.24) is 0 Å². The molecule has 0 bridgehead atoms. The van der Waals surface area contributed by atoms with Crippen molar-refractivity contribution < 1.29 is 19.0 Å². The average molecular weight is 465 g/mol. The van der Waals surface area contributed by atoms with E-state index in [1.807, 2.05) is 54.6 Å². The average Bonchev–Trinajstić information content (AvgIpc) is 2.89. The minimum atomic E-state index is -0.739. The van der Waals surface area contributed by atoms with E-state index in [9.17, 15) is 4.79 Å². The Morgan fingerprint density at radius 3 is 2.57 bits per heavy atom. The van der Waals surface area contributed by atoms with Crippen LogP contribution in [0.4, 0.5) is 0 Å². The SMILES string of the molecule is COc1ccc(COCC(=O)OC2C#CCCCCC#C/C2=C/c2cccc3ccccc23)cc1. The molecule has 0 fully saturated rings. The molecule has 1 unspecified atom stereocenters. The van der Waals surface area contributed by atoms with Crippen LogP contribution in [0.3, 0.4) is 0 Å². The number of carbonyl (C=O) groups excluding carboxylic acids is 1. The molecule has 0 radical (unpaired) electrons. The van der Waals surface area contributed by atoms with Crippen LogP contribution in [0, 0.1) is 23.7 Å². The molecule has 0 spiro atoms. The van der Waals surface area contributed by atoms with Crippen LogP contribution in [0.15, 0.2) is 72.3 Å². The first-order valence-corrected chi connectivity index (χ1v) is 11.8. The lowest BCUT2D eigenvalue weighted by atomic mass is 10.00. The summed E-state index contributed by atoms with van der Waals surface area (Å²) in [7, 11) is 1.62. The molecular formula is C31H28O4. The summed E-state index contributed by atoms with van der Waals surface area (Å²) < 4.78 is 16.5. The highest BCUT2D eigenvalue weighted by molar-refractivity contribution is 5.91. The fourth-order valence-electron chi connectivity index (χ4n) is 3.79. The standard InChI is InChI=1S/C31H28O4/c1-33-28-19-17-24(18-20-28)22-34-23-31(32)35-30-16-7-5-3-2-4-6-12-27(30)21-26-14-10-13-25-11-8-9-15-29(25)26/h8-11,13-15,17-21,30H,2-5,22-23H2,1H3/b27-21-. The number of hydrogen-bond donors (Lipinski definition) is 0. The highest BCUT2D eigenvalue weighted by atomic mass is 16.6. The second-order valence-electron chi connectivity index (χ2n) is 8.21. The van der Waals surface area contributed by atoms with Crippen molar-refractivity contribution in [3.05, 3.63) is 83.4 Å². The van der Waals surface area contributed by atoms with E-state index >= 15 is 0 Å². The molecule has 0 aliphatic heterocycles. The van der Waals surface area contributed by atoms with Gasteiger partial charge in [-0.15, -0.1) is 0 Å². The van der Waals surface area contributed by atoms with Crippen LogP contribution in [0.25, 0.3) is 16.8 Å². The van der Waals surface area contributed by atoms with E-state index in [0.29, 0.717) is 12.2 Å². The monoisotopic (exact) mass is 464 g/mol. The number of carbonyl (C=O) groups is 1. The van der Waals surface area contributed by atoms with Crippen LogP contribution >= 0.6 is 0 Å². The zero-order chi connectivity index (χ0) is 24.3. The van der Waals surface area contributed by atoms with Gasteiger partial charge in [0.2, 0.25) is 0 Å². The smallest absolute Gasteiger partial charge is 0.333 e. The topological polar surface area (TPSA) is 44.8 Å². The number of benzene rings is 3. The maximum absolute atomic E-state index is 12.7. The first kappa shape index (κ1) is 24.1. The molecular weight excluding hydrogens is 436 g/mol. The third-order valence-corrected chi connectivity index (χ3v) is 5.63. The van der Waals surface area contributed by atoms with Gasteiger partial charge in [-0.2, -0.15) is 0 Å². The first-order valence-electron chi connectivity index (χ1n) is 11.8. The molecule has 3 aromatic carbocycles. The Morgan fingerprint density at radius 1 is 0.971 bits per heavy atom.